The van der Waals surface area contributed by atoms with E-state index in [4.69, 9.17) is 4.74 Å². The molecule has 4 rings (SSSR count). The van der Waals surface area contributed by atoms with Crippen molar-refractivity contribution in [2.75, 3.05) is 7.11 Å². The van der Waals surface area contributed by atoms with Gasteiger partial charge in [0.15, 0.2) is 0 Å². The molecular weight excluding hydrogens is 388 g/mol. The summed E-state index contributed by atoms with van der Waals surface area (Å²) in [6, 6.07) is 0. The van der Waals surface area contributed by atoms with Crippen LogP contribution in [0.15, 0.2) is 0 Å². The zero-order valence-corrected chi connectivity index (χ0v) is 20.5. The van der Waals surface area contributed by atoms with Crippen LogP contribution in [0.4, 0.5) is 0 Å². The molecule has 0 radical (unpaired) electrons. The van der Waals surface area contributed by atoms with Crippen molar-refractivity contribution >= 4 is 5.97 Å². The van der Waals surface area contributed by atoms with Gasteiger partial charge in [0.1, 0.15) is 0 Å². The maximum Gasteiger partial charge on any atom is 0.305 e. The Morgan fingerprint density at radius 1 is 1.03 bits per heavy atom. The minimum atomic E-state index is -0.230. The molecule has 178 valence electrons. The first-order valence-electron chi connectivity index (χ1n) is 13.1. The van der Waals surface area contributed by atoms with E-state index in [1.54, 1.807) is 0 Å². The van der Waals surface area contributed by atoms with E-state index in [1.165, 1.54) is 32.8 Å². The molecule has 0 heterocycles. The smallest absolute Gasteiger partial charge is 0.305 e. The molecule has 0 aromatic heterocycles. The molecule has 2 N–H and O–H groups in total. The van der Waals surface area contributed by atoms with E-state index in [1.807, 2.05) is 0 Å². The lowest BCUT2D eigenvalue weighted by molar-refractivity contribution is -0.203. The van der Waals surface area contributed by atoms with E-state index in [0.29, 0.717) is 47.8 Å². The number of carbonyl (C=O) groups excluding carboxylic acids is 1. The zero-order valence-electron chi connectivity index (χ0n) is 20.5. The molecule has 11 atom stereocenters. The Balaban J connectivity index is 1.58. The molecule has 4 heteroatoms. The molecule has 0 amide bonds. The van der Waals surface area contributed by atoms with E-state index in [9.17, 15) is 15.0 Å². The minimum Gasteiger partial charge on any atom is -0.469 e. The number of rotatable bonds is 5. The normalized spacial score (nSPS) is 50.2. The second kappa shape index (κ2) is 8.63. The number of ether oxygens (including phenoxy) is 1. The first-order valence-corrected chi connectivity index (χ1v) is 13.1. The first-order chi connectivity index (χ1) is 14.7. The van der Waals surface area contributed by atoms with Gasteiger partial charge >= 0.3 is 5.97 Å². The van der Waals surface area contributed by atoms with Gasteiger partial charge in [0.2, 0.25) is 0 Å². The van der Waals surface area contributed by atoms with Gasteiger partial charge in [0.25, 0.3) is 0 Å². The number of hydrogen-bond acceptors (Lipinski definition) is 4. The standard InChI is InChI=1S/C27H46O4/c1-6-18-22-15-17(28)11-13-27(22,4)21-12-14-26(3)19(16(2)7-10-23(29)31-5)8-9-20(26)24(21)25(18)30/h16-22,24-25,28,30H,6-15H2,1-5H3/t16-,17-,18-,19?,20?,21?,22+,24?,25-,26-,27-/m1/s1. The topological polar surface area (TPSA) is 66.8 Å². The number of carbonyl (C=O) groups is 1. The van der Waals surface area contributed by atoms with Crippen LogP contribution in [0.5, 0.6) is 0 Å². The van der Waals surface area contributed by atoms with E-state index in [0.717, 1.165) is 32.1 Å². The lowest BCUT2D eigenvalue weighted by atomic mass is 9.41. The van der Waals surface area contributed by atoms with Crippen molar-refractivity contribution in [3.63, 3.8) is 0 Å². The Morgan fingerprint density at radius 2 is 1.71 bits per heavy atom. The molecule has 0 spiro atoms. The minimum absolute atomic E-state index is 0.0952. The summed E-state index contributed by atoms with van der Waals surface area (Å²) in [5.41, 5.74) is 0.535. The molecule has 0 aliphatic heterocycles. The zero-order chi connectivity index (χ0) is 22.6. The molecule has 4 saturated carbocycles. The quantitative estimate of drug-likeness (QED) is 0.584. The Morgan fingerprint density at radius 3 is 2.39 bits per heavy atom. The van der Waals surface area contributed by atoms with Gasteiger partial charge in [-0.1, -0.05) is 34.1 Å². The van der Waals surface area contributed by atoms with E-state index >= 15 is 0 Å². The van der Waals surface area contributed by atoms with Crippen molar-refractivity contribution in [1.82, 2.24) is 0 Å². The van der Waals surface area contributed by atoms with E-state index < -0.39 is 0 Å². The molecule has 4 nitrogen and oxygen atoms in total. The van der Waals surface area contributed by atoms with Gasteiger partial charge in [-0.3, -0.25) is 4.79 Å². The highest BCUT2D eigenvalue weighted by Gasteiger charge is 2.64. The molecule has 4 aliphatic rings. The fraction of sp³-hybridized carbons (Fsp3) is 0.963. The summed E-state index contributed by atoms with van der Waals surface area (Å²) in [6.45, 7) is 9.58. The molecule has 4 fully saturated rings. The predicted molar refractivity (Wildman–Crippen MR) is 122 cm³/mol. The van der Waals surface area contributed by atoms with Gasteiger partial charge in [-0.25, -0.2) is 0 Å². The number of methoxy groups -OCH3 is 1. The number of aliphatic hydroxyl groups is 2. The highest BCUT2D eigenvalue weighted by atomic mass is 16.5. The van der Waals surface area contributed by atoms with Crippen LogP contribution in [0.3, 0.4) is 0 Å². The monoisotopic (exact) mass is 434 g/mol. The van der Waals surface area contributed by atoms with Crippen LogP contribution in [-0.2, 0) is 9.53 Å². The fourth-order valence-corrected chi connectivity index (χ4v) is 9.58. The summed E-state index contributed by atoms with van der Waals surface area (Å²) in [5.74, 6) is 3.41. The lowest BCUT2D eigenvalue weighted by Crippen LogP contribution is -2.62. The lowest BCUT2D eigenvalue weighted by Gasteiger charge is -2.64. The van der Waals surface area contributed by atoms with Crippen LogP contribution in [0, 0.1) is 52.3 Å². The summed E-state index contributed by atoms with van der Waals surface area (Å²) in [4.78, 5) is 11.7. The van der Waals surface area contributed by atoms with Gasteiger partial charge in [-0.15, -0.1) is 0 Å². The Kier molecular flexibility index (Phi) is 6.55. The summed E-state index contributed by atoms with van der Waals surface area (Å²) in [5, 5.41) is 22.2. The van der Waals surface area contributed by atoms with Gasteiger partial charge < -0.3 is 14.9 Å². The number of hydrogen-bond donors (Lipinski definition) is 2. The summed E-state index contributed by atoms with van der Waals surface area (Å²) in [6.07, 6.45) is 9.87. The number of aliphatic hydroxyl groups excluding tert-OH is 2. The molecule has 0 bridgehead atoms. The molecule has 0 aromatic carbocycles. The maximum absolute atomic E-state index is 11.8. The first kappa shape index (κ1) is 23.5. The van der Waals surface area contributed by atoms with Gasteiger partial charge in [0, 0.05) is 6.42 Å². The van der Waals surface area contributed by atoms with Crippen LogP contribution in [0.25, 0.3) is 0 Å². The second-order valence-electron chi connectivity index (χ2n) is 12.2. The van der Waals surface area contributed by atoms with Crippen LogP contribution in [0.2, 0.25) is 0 Å². The number of fused-ring (bicyclic) bond motifs is 5. The molecular formula is C27H46O4. The summed E-state index contributed by atoms with van der Waals surface area (Å²) >= 11 is 0. The van der Waals surface area contributed by atoms with Crippen molar-refractivity contribution in [2.45, 2.75) is 104 Å². The second-order valence-corrected chi connectivity index (χ2v) is 12.2. The van der Waals surface area contributed by atoms with Crippen LogP contribution >= 0.6 is 0 Å². The largest absolute Gasteiger partial charge is 0.469 e. The summed E-state index contributed by atoms with van der Waals surface area (Å²) < 4.78 is 4.88. The van der Waals surface area contributed by atoms with E-state index in [-0.39, 0.29) is 29.0 Å². The molecule has 0 aromatic rings. The van der Waals surface area contributed by atoms with Crippen molar-refractivity contribution in [2.24, 2.45) is 52.3 Å². The highest BCUT2D eigenvalue weighted by molar-refractivity contribution is 5.69. The third-order valence-electron chi connectivity index (χ3n) is 11.2. The number of esters is 1. The average Bonchev–Trinajstić information content (AvgIpc) is 3.10. The van der Waals surface area contributed by atoms with E-state index in [2.05, 4.69) is 27.7 Å². The Hall–Kier alpha value is -0.610. The van der Waals surface area contributed by atoms with Crippen molar-refractivity contribution in [3.8, 4) is 0 Å². The predicted octanol–water partition coefficient (Wildman–Crippen LogP) is 5.20. The molecule has 31 heavy (non-hydrogen) atoms. The van der Waals surface area contributed by atoms with Gasteiger partial charge in [-0.05, 0) is 104 Å². The summed E-state index contributed by atoms with van der Waals surface area (Å²) in [7, 11) is 1.48. The molecule has 4 aliphatic carbocycles. The average molecular weight is 435 g/mol. The molecule has 4 unspecified atom stereocenters. The van der Waals surface area contributed by atoms with Crippen LogP contribution < -0.4 is 0 Å². The third-order valence-corrected chi connectivity index (χ3v) is 11.2. The highest BCUT2D eigenvalue weighted by Crippen LogP contribution is 2.69. The van der Waals surface area contributed by atoms with Crippen LogP contribution in [0.1, 0.15) is 91.9 Å². The van der Waals surface area contributed by atoms with Crippen LogP contribution in [-0.4, -0.2) is 35.5 Å². The SMILES string of the molecule is CC[C@H]1[C@@H](O)C2C3CCC([C@H](C)CCC(=O)OC)[C@@]3(C)CCC2[C@@]2(C)CC[C@@H](O)C[C@@H]12. The van der Waals surface area contributed by atoms with Gasteiger partial charge in [0.05, 0.1) is 19.3 Å². The third kappa shape index (κ3) is 3.68. The van der Waals surface area contributed by atoms with Gasteiger partial charge in [-0.2, -0.15) is 0 Å². The van der Waals surface area contributed by atoms with Crippen molar-refractivity contribution in [1.29, 1.82) is 0 Å². The maximum atomic E-state index is 11.8. The van der Waals surface area contributed by atoms with Crippen molar-refractivity contribution < 1.29 is 19.7 Å². The Labute approximate surface area is 189 Å². The van der Waals surface area contributed by atoms with Crippen molar-refractivity contribution in [3.05, 3.63) is 0 Å². The fourth-order valence-electron chi connectivity index (χ4n) is 9.58. The Bertz CT molecular complexity index is 664. The molecule has 0 saturated heterocycles.